The summed E-state index contributed by atoms with van der Waals surface area (Å²) in [6.07, 6.45) is 0.930. The van der Waals surface area contributed by atoms with Gasteiger partial charge in [0.05, 0.1) is 7.11 Å². The van der Waals surface area contributed by atoms with Gasteiger partial charge in [-0.15, -0.1) is 0 Å². The molecule has 146 valence electrons. The molecule has 28 heavy (non-hydrogen) atoms. The number of nitrogens with one attached hydrogen (secondary N) is 1. The molecular weight excluding hydrogens is 393 g/mol. The summed E-state index contributed by atoms with van der Waals surface area (Å²) in [5.74, 6) is 1.47. The van der Waals surface area contributed by atoms with Crippen molar-refractivity contribution in [2.45, 2.75) is 19.6 Å². The summed E-state index contributed by atoms with van der Waals surface area (Å²) in [5, 5.41) is 4.93. The maximum Gasteiger partial charge on any atom is 0.166 e. The quantitative estimate of drug-likeness (QED) is 0.440. The minimum atomic E-state index is 0.429. The molecule has 3 aromatic rings. The lowest BCUT2D eigenvalue weighted by atomic mass is 10.1. The van der Waals surface area contributed by atoms with E-state index in [2.05, 4.69) is 17.4 Å². The molecule has 0 saturated carbocycles. The van der Waals surface area contributed by atoms with Gasteiger partial charge in [-0.05, 0) is 54.4 Å². The van der Waals surface area contributed by atoms with Crippen molar-refractivity contribution in [3.8, 4) is 11.5 Å². The van der Waals surface area contributed by atoms with Gasteiger partial charge in [0, 0.05) is 22.2 Å². The molecular formula is C23H23Cl2NO2. The first-order valence-electron chi connectivity index (χ1n) is 9.14. The molecule has 0 fully saturated rings. The zero-order chi connectivity index (χ0) is 19.8. The van der Waals surface area contributed by atoms with E-state index >= 15 is 0 Å². The van der Waals surface area contributed by atoms with Crippen LogP contribution in [0.25, 0.3) is 0 Å². The van der Waals surface area contributed by atoms with Crippen LogP contribution in [0.15, 0.2) is 66.7 Å². The van der Waals surface area contributed by atoms with Gasteiger partial charge in [0.25, 0.3) is 0 Å². The van der Waals surface area contributed by atoms with Gasteiger partial charge in [-0.1, -0.05) is 59.6 Å². The first-order chi connectivity index (χ1) is 13.7. The second-order valence-electron chi connectivity index (χ2n) is 6.42. The lowest BCUT2D eigenvalue weighted by Crippen LogP contribution is -2.17. The number of hydrogen-bond donors (Lipinski definition) is 1. The van der Waals surface area contributed by atoms with Crippen molar-refractivity contribution in [1.82, 2.24) is 5.32 Å². The normalized spacial score (nSPS) is 10.7. The van der Waals surface area contributed by atoms with Crippen LogP contribution in [-0.2, 0) is 19.6 Å². The van der Waals surface area contributed by atoms with Gasteiger partial charge in [0.15, 0.2) is 11.5 Å². The zero-order valence-electron chi connectivity index (χ0n) is 15.8. The predicted molar refractivity (Wildman–Crippen MR) is 116 cm³/mol. The smallest absolute Gasteiger partial charge is 0.166 e. The Balaban J connectivity index is 1.61. The Labute approximate surface area is 176 Å². The summed E-state index contributed by atoms with van der Waals surface area (Å²) >= 11 is 12.0. The zero-order valence-corrected chi connectivity index (χ0v) is 17.3. The molecule has 0 spiro atoms. The van der Waals surface area contributed by atoms with Crippen LogP contribution in [0.3, 0.4) is 0 Å². The maximum atomic E-state index is 6.09. The molecule has 0 atom stereocenters. The average Bonchev–Trinajstić information content (AvgIpc) is 2.71. The molecule has 0 unspecified atom stereocenters. The highest BCUT2D eigenvalue weighted by Gasteiger charge is 2.11. The monoisotopic (exact) mass is 415 g/mol. The van der Waals surface area contributed by atoms with Crippen LogP contribution in [0.4, 0.5) is 0 Å². The fourth-order valence-electron chi connectivity index (χ4n) is 2.91. The number of para-hydroxylation sites is 1. The first kappa shape index (κ1) is 20.5. The molecule has 5 heteroatoms. The van der Waals surface area contributed by atoms with Crippen molar-refractivity contribution in [3.63, 3.8) is 0 Å². The van der Waals surface area contributed by atoms with Gasteiger partial charge in [-0.3, -0.25) is 0 Å². The third kappa shape index (κ3) is 5.90. The lowest BCUT2D eigenvalue weighted by Gasteiger charge is -2.16. The number of methoxy groups -OCH3 is 1. The van der Waals surface area contributed by atoms with E-state index in [9.17, 15) is 0 Å². The van der Waals surface area contributed by atoms with Crippen molar-refractivity contribution in [1.29, 1.82) is 0 Å². The maximum absolute atomic E-state index is 6.09. The van der Waals surface area contributed by atoms with E-state index in [4.69, 9.17) is 32.7 Å². The fourth-order valence-corrected chi connectivity index (χ4v) is 3.25. The molecule has 3 aromatic carbocycles. The van der Waals surface area contributed by atoms with Gasteiger partial charge in [-0.25, -0.2) is 0 Å². The van der Waals surface area contributed by atoms with E-state index in [1.165, 1.54) is 5.56 Å². The fraction of sp³-hybridized carbons (Fsp3) is 0.217. The molecule has 0 aliphatic heterocycles. The van der Waals surface area contributed by atoms with Gasteiger partial charge in [-0.2, -0.15) is 0 Å². The number of rotatable bonds is 9. The number of halogens is 2. The van der Waals surface area contributed by atoms with Crippen LogP contribution >= 0.6 is 23.2 Å². The van der Waals surface area contributed by atoms with Crippen LogP contribution in [0.5, 0.6) is 11.5 Å². The SMILES string of the molecule is COc1cccc(CNCCc2ccc(Cl)cc2)c1OCc1cccc(Cl)c1. The molecule has 0 saturated heterocycles. The van der Waals surface area contributed by atoms with E-state index in [1.54, 1.807) is 7.11 Å². The summed E-state index contributed by atoms with van der Waals surface area (Å²) in [4.78, 5) is 0. The molecule has 1 N–H and O–H groups in total. The van der Waals surface area contributed by atoms with Crippen molar-refractivity contribution >= 4 is 23.2 Å². The molecule has 0 radical (unpaired) electrons. The first-order valence-corrected chi connectivity index (χ1v) is 9.89. The third-order valence-electron chi connectivity index (χ3n) is 4.37. The largest absolute Gasteiger partial charge is 0.493 e. The Hall–Kier alpha value is -2.20. The van der Waals surface area contributed by atoms with Crippen LogP contribution in [-0.4, -0.2) is 13.7 Å². The van der Waals surface area contributed by atoms with E-state index in [-0.39, 0.29) is 0 Å². The molecule has 0 amide bonds. The highest BCUT2D eigenvalue weighted by molar-refractivity contribution is 6.30. The molecule has 0 heterocycles. The second-order valence-corrected chi connectivity index (χ2v) is 7.29. The van der Waals surface area contributed by atoms with Crippen molar-refractivity contribution in [2.24, 2.45) is 0 Å². The van der Waals surface area contributed by atoms with E-state index in [0.717, 1.165) is 40.6 Å². The van der Waals surface area contributed by atoms with Crippen LogP contribution in [0.2, 0.25) is 10.0 Å². The highest BCUT2D eigenvalue weighted by atomic mass is 35.5. The van der Waals surface area contributed by atoms with E-state index in [1.807, 2.05) is 54.6 Å². The Morgan fingerprint density at radius 2 is 1.64 bits per heavy atom. The van der Waals surface area contributed by atoms with Gasteiger partial charge in [0.1, 0.15) is 6.61 Å². The van der Waals surface area contributed by atoms with Gasteiger partial charge in [0.2, 0.25) is 0 Å². The number of benzene rings is 3. The molecule has 3 nitrogen and oxygen atoms in total. The Kier molecular flexibility index (Phi) is 7.61. The van der Waals surface area contributed by atoms with E-state index < -0.39 is 0 Å². The number of ether oxygens (including phenoxy) is 2. The molecule has 0 aromatic heterocycles. The molecule has 3 rings (SSSR count). The Morgan fingerprint density at radius 1 is 0.857 bits per heavy atom. The topological polar surface area (TPSA) is 30.5 Å². The summed E-state index contributed by atoms with van der Waals surface area (Å²) in [6, 6.07) is 21.5. The van der Waals surface area contributed by atoms with Crippen LogP contribution in [0.1, 0.15) is 16.7 Å². The summed E-state index contributed by atoms with van der Waals surface area (Å²) < 4.78 is 11.6. The Bertz CT molecular complexity index is 897. The summed E-state index contributed by atoms with van der Waals surface area (Å²) in [7, 11) is 1.65. The molecule has 0 aliphatic carbocycles. The van der Waals surface area contributed by atoms with Crippen molar-refractivity contribution < 1.29 is 9.47 Å². The standard InChI is InChI=1S/C23H23Cl2NO2/c1-27-22-7-3-5-19(15-26-13-12-17-8-10-20(24)11-9-17)23(22)28-16-18-4-2-6-21(25)14-18/h2-11,14,26H,12-13,15-16H2,1H3. The van der Waals surface area contributed by atoms with Crippen molar-refractivity contribution in [3.05, 3.63) is 93.5 Å². The highest BCUT2D eigenvalue weighted by Crippen LogP contribution is 2.32. The molecule has 0 bridgehead atoms. The predicted octanol–water partition coefficient (Wildman–Crippen LogP) is 5.91. The summed E-state index contributed by atoms with van der Waals surface area (Å²) in [5.41, 5.74) is 3.32. The minimum Gasteiger partial charge on any atom is -0.493 e. The van der Waals surface area contributed by atoms with Gasteiger partial charge >= 0.3 is 0 Å². The number of hydrogen-bond acceptors (Lipinski definition) is 3. The Morgan fingerprint density at radius 3 is 2.39 bits per heavy atom. The van der Waals surface area contributed by atoms with Gasteiger partial charge < -0.3 is 14.8 Å². The second kappa shape index (κ2) is 10.4. The lowest BCUT2D eigenvalue weighted by molar-refractivity contribution is 0.280. The average molecular weight is 416 g/mol. The molecule has 0 aliphatic rings. The van der Waals surface area contributed by atoms with Crippen LogP contribution < -0.4 is 14.8 Å². The third-order valence-corrected chi connectivity index (χ3v) is 4.86. The van der Waals surface area contributed by atoms with Crippen molar-refractivity contribution in [2.75, 3.05) is 13.7 Å². The minimum absolute atomic E-state index is 0.429. The van der Waals surface area contributed by atoms with E-state index in [0.29, 0.717) is 18.2 Å². The summed E-state index contributed by atoms with van der Waals surface area (Å²) in [6.45, 7) is 1.97. The van der Waals surface area contributed by atoms with Crippen LogP contribution in [0, 0.1) is 0 Å².